The molecule has 192 valence electrons. The number of nitrogens with zero attached hydrogens (tertiary/aromatic N) is 2. The van der Waals surface area contributed by atoms with Crippen LogP contribution in [0.2, 0.25) is 0 Å². The summed E-state index contributed by atoms with van der Waals surface area (Å²) in [7, 11) is 3.29. The van der Waals surface area contributed by atoms with Crippen molar-refractivity contribution in [3.8, 4) is 17.4 Å². The number of methoxy groups -OCH3 is 2. The van der Waals surface area contributed by atoms with Crippen LogP contribution >= 0.6 is 0 Å². The molecule has 0 spiro atoms. The highest BCUT2D eigenvalue weighted by Gasteiger charge is 2.23. The Morgan fingerprint density at radius 3 is 1.97 bits per heavy atom. The molecule has 0 amide bonds. The first-order valence-corrected chi connectivity index (χ1v) is 12.6. The molecule has 37 heavy (non-hydrogen) atoms. The smallest absolute Gasteiger partial charge is 0.236 e. The normalized spacial score (nSPS) is 13.6. The van der Waals surface area contributed by atoms with E-state index in [0.717, 1.165) is 48.6 Å². The molecular formula is C30H32N2O5. The third kappa shape index (κ3) is 5.57. The van der Waals surface area contributed by atoms with Crippen LogP contribution in [0.4, 0.5) is 0 Å². The Bertz CT molecular complexity index is 1390. The van der Waals surface area contributed by atoms with Crippen LogP contribution in [-0.4, -0.2) is 36.9 Å². The molecule has 1 aliphatic heterocycles. The minimum atomic E-state index is -0.0171. The molecule has 0 bridgehead atoms. The van der Waals surface area contributed by atoms with Gasteiger partial charge in [-0.1, -0.05) is 36.4 Å². The van der Waals surface area contributed by atoms with Crippen LogP contribution < -0.4 is 24.5 Å². The quantitative estimate of drug-likeness (QED) is 0.311. The zero-order valence-corrected chi connectivity index (χ0v) is 21.3. The predicted octanol–water partition coefficient (Wildman–Crippen LogP) is 4.82. The molecular weight excluding hydrogens is 468 g/mol. The first kappa shape index (κ1) is 24.7. The van der Waals surface area contributed by atoms with Crippen LogP contribution in [0.15, 0.2) is 77.6 Å². The molecule has 0 atom stereocenters. The van der Waals surface area contributed by atoms with Crippen LogP contribution in [0.25, 0.3) is 10.9 Å². The van der Waals surface area contributed by atoms with Crippen LogP contribution in [-0.2, 0) is 19.8 Å². The number of benzene rings is 3. The van der Waals surface area contributed by atoms with Gasteiger partial charge in [-0.3, -0.25) is 9.69 Å². The molecule has 1 aliphatic rings. The maximum absolute atomic E-state index is 13.7. The average molecular weight is 501 g/mol. The second-order valence-corrected chi connectivity index (χ2v) is 9.17. The van der Waals surface area contributed by atoms with Crippen molar-refractivity contribution in [1.82, 2.24) is 9.63 Å². The Hall–Kier alpha value is -3.97. The maximum atomic E-state index is 13.7. The van der Waals surface area contributed by atoms with Crippen LogP contribution in [0.3, 0.4) is 0 Å². The van der Waals surface area contributed by atoms with Gasteiger partial charge in [0.1, 0.15) is 24.7 Å². The van der Waals surface area contributed by atoms with Gasteiger partial charge in [-0.2, -0.15) is 0 Å². The van der Waals surface area contributed by atoms with E-state index in [1.54, 1.807) is 19.0 Å². The van der Waals surface area contributed by atoms with E-state index in [4.69, 9.17) is 19.0 Å². The Labute approximate surface area is 216 Å². The van der Waals surface area contributed by atoms with Crippen molar-refractivity contribution in [2.24, 2.45) is 0 Å². The summed E-state index contributed by atoms with van der Waals surface area (Å²) in [6.45, 7) is 3.06. The highest BCUT2D eigenvalue weighted by Crippen LogP contribution is 2.26. The van der Waals surface area contributed by atoms with Gasteiger partial charge in [0.05, 0.1) is 25.3 Å². The number of fused-ring (bicyclic) bond motifs is 1. The van der Waals surface area contributed by atoms with Crippen molar-refractivity contribution in [1.29, 1.82) is 0 Å². The summed E-state index contributed by atoms with van der Waals surface area (Å²) >= 11 is 0. The molecule has 0 saturated carbocycles. The van der Waals surface area contributed by atoms with Crippen molar-refractivity contribution < 1.29 is 19.0 Å². The minimum absolute atomic E-state index is 0.0171. The molecule has 0 unspecified atom stereocenters. The highest BCUT2D eigenvalue weighted by atomic mass is 16.7. The molecule has 4 aromatic rings. The van der Waals surface area contributed by atoms with Gasteiger partial charge in [0, 0.05) is 11.9 Å². The third-order valence-corrected chi connectivity index (χ3v) is 6.72. The van der Waals surface area contributed by atoms with E-state index in [-0.39, 0.29) is 5.43 Å². The lowest BCUT2D eigenvalue weighted by molar-refractivity contribution is 0.0767. The number of ether oxygens (including phenoxy) is 3. The molecule has 7 heteroatoms. The third-order valence-electron chi connectivity index (χ3n) is 6.72. The second-order valence-electron chi connectivity index (χ2n) is 9.17. The number of hydrogen-bond acceptors (Lipinski definition) is 6. The predicted molar refractivity (Wildman–Crippen MR) is 143 cm³/mol. The van der Waals surface area contributed by atoms with Gasteiger partial charge in [-0.05, 0) is 73.5 Å². The fourth-order valence-electron chi connectivity index (χ4n) is 4.65. The number of aromatic nitrogens is 1. The fourth-order valence-corrected chi connectivity index (χ4v) is 4.65. The van der Waals surface area contributed by atoms with Gasteiger partial charge >= 0.3 is 0 Å². The molecule has 1 aromatic heterocycles. The van der Waals surface area contributed by atoms with Crippen molar-refractivity contribution >= 4 is 10.9 Å². The molecule has 0 N–H and O–H groups in total. The van der Waals surface area contributed by atoms with Crippen LogP contribution in [0.1, 0.15) is 29.5 Å². The average Bonchev–Trinajstić information content (AvgIpc) is 3.47. The van der Waals surface area contributed by atoms with Crippen LogP contribution in [0.5, 0.6) is 17.4 Å². The molecule has 1 saturated heterocycles. The summed E-state index contributed by atoms with van der Waals surface area (Å²) in [6, 6.07) is 23.0. The lowest BCUT2D eigenvalue weighted by atomic mass is 10.1. The number of rotatable bonds is 10. The van der Waals surface area contributed by atoms with E-state index in [2.05, 4.69) is 4.90 Å². The summed E-state index contributed by atoms with van der Waals surface area (Å²) in [5.41, 5.74) is 3.22. The number of para-hydroxylation sites is 1. The standard InChI is InChI=1S/C30H32N2O5/c1-34-24-13-9-22(10-14-24)20-36-30-27(19-31-17-5-6-18-31)29(33)26-7-3-4-8-28(26)32(30)37-21-23-11-15-25(35-2)16-12-23/h3-4,7-16H,5-6,17-21H2,1-2H3. The molecule has 1 fully saturated rings. The molecule has 3 aromatic carbocycles. The van der Waals surface area contributed by atoms with E-state index in [0.29, 0.717) is 42.1 Å². The van der Waals surface area contributed by atoms with Crippen molar-refractivity contribution in [2.45, 2.75) is 32.6 Å². The summed E-state index contributed by atoms with van der Waals surface area (Å²) < 4.78 is 18.6. The van der Waals surface area contributed by atoms with Crippen molar-refractivity contribution in [2.75, 3.05) is 27.3 Å². The summed E-state index contributed by atoms with van der Waals surface area (Å²) in [6.07, 6.45) is 2.27. The fraction of sp³-hybridized carbons (Fsp3) is 0.300. The van der Waals surface area contributed by atoms with Crippen molar-refractivity contribution in [3.63, 3.8) is 0 Å². The Kier molecular flexibility index (Phi) is 7.61. The second kappa shape index (κ2) is 11.4. The Morgan fingerprint density at radius 1 is 0.757 bits per heavy atom. The van der Waals surface area contributed by atoms with E-state index in [9.17, 15) is 4.79 Å². The molecule has 7 nitrogen and oxygen atoms in total. The lowest BCUT2D eigenvalue weighted by Gasteiger charge is -2.23. The monoisotopic (exact) mass is 500 g/mol. The maximum Gasteiger partial charge on any atom is 0.236 e. The van der Waals surface area contributed by atoms with Gasteiger partial charge < -0.3 is 19.0 Å². The van der Waals surface area contributed by atoms with Gasteiger partial charge in [-0.25, -0.2) is 0 Å². The van der Waals surface area contributed by atoms with E-state index in [1.165, 1.54) is 0 Å². The lowest BCUT2D eigenvalue weighted by Crippen LogP contribution is -2.28. The van der Waals surface area contributed by atoms with E-state index in [1.807, 2.05) is 72.8 Å². The number of pyridine rings is 1. The van der Waals surface area contributed by atoms with Gasteiger partial charge in [-0.15, -0.1) is 4.73 Å². The van der Waals surface area contributed by atoms with E-state index < -0.39 is 0 Å². The number of likely N-dealkylation sites (tertiary alicyclic amines) is 1. The molecule has 2 heterocycles. The largest absolute Gasteiger partial charge is 0.497 e. The van der Waals surface area contributed by atoms with Gasteiger partial charge in [0.15, 0.2) is 5.43 Å². The van der Waals surface area contributed by atoms with Crippen LogP contribution in [0, 0.1) is 0 Å². The zero-order valence-electron chi connectivity index (χ0n) is 21.3. The number of hydrogen-bond donors (Lipinski definition) is 0. The summed E-state index contributed by atoms with van der Waals surface area (Å²) in [5, 5.41) is 0.614. The SMILES string of the molecule is COc1ccc(COc2c(CN3CCCC3)c(=O)c3ccccc3n2OCc2ccc(OC)cc2)cc1. The topological polar surface area (TPSA) is 62.2 Å². The summed E-state index contributed by atoms with van der Waals surface area (Å²) in [4.78, 5) is 22.4. The first-order chi connectivity index (χ1) is 18.2. The first-order valence-electron chi connectivity index (χ1n) is 12.6. The zero-order chi connectivity index (χ0) is 25.6. The Morgan fingerprint density at radius 2 is 1.35 bits per heavy atom. The molecule has 0 radical (unpaired) electrons. The van der Waals surface area contributed by atoms with Crippen molar-refractivity contribution in [3.05, 3.63) is 99.7 Å². The highest BCUT2D eigenvalue weighted by molar-refractivity contribution is 5.80. The Balaban J connectivity index is 1.54. The van der Waals surface area contributed by atoms with Gasteiger partial charge in [0.2, 0.25) is 5.88 Å². The van der Waals surface area contributed by atoms with Gasteiger partial charge in [0.25, 0.3) is 0 Å². The molecule has 5 rings (SSSR count). The summed E-state index contributed by atoms with van der Waals surface area (Å²) in [5.74, 6) is 2.01. The van der Waals surface area contributed by atoms with E-state index >= 15 is 0 Å². The minimum Gasteiger partial charge on any atom is -0.497 e. The molecule has 0 aliphatic carbocycles.